The molecule has 6 nitrogen and oxygen atoms in total. The summed E-state index contributed by atoms with van der Waals surface area (Å²) in [5.74, 6) is -0.884. The van der Waals surface area contributed by atoms with Gasteiger partial charge in [0.1, 0.15) is 13.2 Å². The zero-order valence-electron chi connectivity index (χ0n) is 49.8. The monoisotopic (exact) mass is 1050 g/mol. The van der Waals surface area contributed by atoms with Crippen LogP contribution < -0.4 is 0 Å². The van der Waals surface area contributed by atoms with Crippen molar-refractivity contribution in [3.05, 3.63) is 72.9 Å². The number of carbonyl (C=O) groups excluding carboxylic acids is 3. The summed E-state index contributed by atoms with van der Waals surface area (Å²) in [5.41, 5.74) is 0. The van der Waals surface area contributed by atoms with Crippen LogP contribution in [0.15, 0.2) is 72.9 Å². The summed E-state index contributed by atoms with van der Waals surface area (Å²) in [6.07, 6.45) is 81.8. The summed E-state index contributed by atoms with van der Waals surface area (Å²) in [4.78, 5) is 38.3. The Bertz CT molecular complexity index is 1390. The summed E-state index contributed by atoms with van der Waals surface area (Å²) in [6.45, 7) is 6.60. The van der Waals surface area contributed by atoms with E-state index in [9.17, 15) is 14.4 Å². The van der Waals surface area contributed by atoms with E-state index in [0.29, 0.717) is 19.3 Å². The van der Waals surface area contributed by atoms with Crippen molar-refractivity contribution in [1.29, 1.82) is 0 Å². The number of unbranched alkanes of at least 4 members (excludes halogenated alkanes) is 36. The molecular weight excluding hydrogens is 925 g/mol. The van der Waals surface area contributed by atoms with Crippen molar-refractivity contribution in [2.45, 2.75) is 335 Å². The maximum Gasteiger partial charge on any atom is 0.306 e. The predicted octanol–water partition coefficient (Wildman–Crippen LogP) is 22.1. The highest BCUT2D eigenvalue weighted by Crippen LogP contribution is 2.16. The first kappa shape index (κ1) is 71.8. The van der Waals surface area contributed by atoms with Crippen LogP contribution in [-0.2, 0) is 28.6 Å². The lowest BCUT2D eigenvalue weighted by atomic mass is 10.0. The molecule has 0 rings (SSSR count). The Hall–Kier alpha value is -3.15. The molecule has 0 saturated heterocycles. The number of esters is 3. The van der Waals surface area contributed by atoms with Gasteiger partial charge in [-0.15, -0.1) is 0 Å². The number of ether oxygens (including phenoxy) is 3. The van der Waals surface area contributed by atoms with Crippen LogP contribution in [0.3, 0.4) is 0 Å². The Morgan fingerprint density at radius 1 is 0.267 bits per heavy atom. The molecule has 0 aliphatic heterocycles. The lowest BCUT2D eigenvalue weighted by molar-refractivity contribution is -0.167. The average molecular weight is 1050 g/mol. The molecule has 0 aromatic heterocycles. The summed E-state index contributed by atoms with van der Waals surface area (Å²) >= 11 is 0. The van der Waals surface area contributed by atoms with Crippen LogP contribution in [0.4, 0.5) is 0 Å². The normalized spacial score (nSPS) is 12.5. The van der Waals surface area contributed by atoms with Crippen LogP contribution in [0.25, 0.3) is 0 Å². The molecule has 0 aromatic rings. The molecule has 6 heteroatoms. The SMILES string of the molecule is CCCCC/C=C\C/C=C\CCCCCCCCCC(=O)OCC(COC(=O)CCCCCCCCCCCCC/C=C\C/C=C\CCCCCCC)OC(=O)CCCCCCCCC/C=C\C/C=C\CCCCC. The minimum absolute atomic E-state index is 0.0809. The number of carbonyl (C=O) groups is 3. The first-order chi connectivity index (χ1) is 37.0. The fourth-order valence-electron chi connectivity index (χ4n) is 9.24. The van der Waals surface area contributed by atoms with Crippen LogP contribution in [0, 0.1) is 0 Å². The Morgan fingerprint density at radius 2 is 0.480 bits per heavy atom. The summed E-state index contributed by atoms with van der Waals surface area (Å²) in [6, 6.07) is 0. The van der Waals surface area contributed by atoms with Gasteiger partial charge in [0, 0.05) is 19.3 Å². The number of allylic oxidation sites excluding steroid dienone is 12. The number of hydrogen-bond acceptors (Lipinski definition) is 6. The Labute approximate surface area is 465 Å². The van der Waals surface area contributed by atoms with Crippen LogP contribution in [0.5, 0.6) is 0 Å². The zero-order valence-corrected chi connectivity index (χ0v) is 49.8. The molecular formula is C69H122O6. The van der Waals surface area contributed by atoms with E-state index in [1.165, 1.54) is 199 Å². The molecule has 75 heavy (non-hydrogen) atoms. The smallest absolute Gasteiger partial charge is 0.306 e. The van der Waals surface area contributed by atoms with Gasteiger partial charge < -0.3 is 14.2 Å². The van der Waals surface area contributed by atoms with Crippen LogP contribution in [0.2, 0.25) is 0 Å². The van der Waals surface area contributed by atoms with Crippen molar-refractivity contribution < 1.29 is 28.6 Å². The molecule has 434 valence electrons. The maximum absolute atomic E-state index is 12.9. The molecule has 0 amide bonds. The van der Waals surface area contributed by atoms with Crippen molar-refractivity contribution in [2.75, 3.05) is 13.2 Å². The van der Waals surface area contributed by atoms with Crippen molar-refractivity contribution in [3.63, 3.8) is 0 Å². The van der Waals surface area contributed by atoms with Gasteiger partial charge in [-0.05, 0) is 116 Å². The third-order valence-electron chi connectivity index (χ3n) is 14.2. The molecule has 0 aliphatic rings. The lowest BCUT2D eigenvalue weighted by Gasteiger charge is -2.18. The van der Waals surface area contributed by atoms with E-state index in [2.05, 4.69) is 93.7 Å². The van der Waals surface area contributed by atoms with E-state index in [1.807, 2.05) is 0 Å². The highest BCUT2D eigenvalue weighted by molar-refractivity contribution is 5.71. The average Bonchev–Trinajstić information content (AvgIpc) is 3.41. The van der Waals surface area contributed by atoms with E-state index >= 15 is 0 Å². The summed E-state index contributed by atoms with van der Waals surface area (Å²) in [5, 5.41) is 0. The molecule has 1 unspecified atom stereocenters. The molecule has 0 fully saturated rings. The predicted molar refractivity (Wildman–Crippen MR) is 325 cm³/mol. The molecule has 0 bridgehead atoms. The van der Waals surface area contributed by atoms with Gasteiger partial charge >= 0.3 is 17.9 Å². The van der Waals surface area contributed by atoms with E-state index < -0.39 is 6.10 Å². The molecule has 0 aromatic carbocycles. The number of hydrogen-bond donors (Lipinski definition) is 0. The second-order valence-corrected chi connectivity index (χ2v) is 21.7. The lowest BCUT2D eigenvalue weighted by Crippen LogP contribution is -2.30. The molecule has 0 saturated carbocycles. The van der Waals surface area contributed by atoms with E-state index in [0.717, 1.165) is 89.9 Å². The minimum atomic E-state index is -0.785. The van der Waals surface area contributed by atoms with E-state index in [4.69, 9.17) is 14.2 Å². The molecule has 0 aliphatic carbocycles. The third kappa shape index (κ3) is 61.6. The molecule has 0 radical (unpaired) electrons. The van der Waals surface area contributed by atoms with Crippen molar-refractivity contribution in [3.8, 4) is 0 Å². The van der Waals surface area contributed by atoms with Crippen LogP contribution in [-0.4, -0.2) is 37.2 Å². The van der Waals surface area contributed by atoms with Crippen molar-refractivity contribution in [1.82, 2.24) is 0 Å². The van der Waals surface area contributed by atoms with Gasteiger partial charge in [0.2, 0.25) is 0 Å². The zero-order chi connectivity index (χ0) is 54.3. The Balaban J connectivity index is 4.36. The van der Waals surface area contributed by atoms with Crippen molar-refractivity contribution in [2.24, 2.45) is 0 Å². The van der Waals surface area contributed by atoms with Crippen LogP contribution in [0.1, 0.15) is 329 Å². The molecule has 0 spiro atoms. The largest absolute Gasteiger partial charge is 0.462 e. The van der Waals surface area contributed by atoms with Gasteiger partial charge in [0.15, 0.2) is 6.10 Å². The van der Waals surface area contributed by atoms with Gasteiger partial charge in [-0.25, -0.2) is 0 Å². The van der Waals surface area contributed by atoms with Gasteiger partial charge in [0.25, 0.3) is 0 Å². The van der Waals surface area contributed by atoms with E-state index in [1.54, 1.807) is 0 Å². The van der Waals surface area contributed by atoms with E-state index in [-0.39, 0.29) is 31.1 Å². The fraction of sp³-hybridized carbons (Fsp3) is 0.783. The second kappa shape index (κ2) is 63.4. The second-order valence-electron chi connectivity index (χ2n) is 21.7. The highest BCUT2D eigenvalue weighted by Gasteiger charge is 2.19. The Morgan fingerprint density at radius 3 is 0.760 bits per heavy atom. The first-order valence-corrected chi connectivity index (χ1v) is 32.4. The minimum Gasteiger partial charge on any atom is -0.462 e. The highest BCUT2D eigenvalue weighted by atomic mass is 16.6. The molecule has 1 atom stereocenters. The van der Waals surface area contributed by atoms with Gasteiger partial charge in [-0.3, -0.25) is 14.4 Å². The van der Waals surface area contributed by atoms with Gasteiger partial charge in [0.05, 0.1) is 0 Å². The summed E-state index contributed by atoms with van der Waals surface area (Å²) < 4.78 is 16.9. The maximum atomic E-state index is 12.9. The Kier molecular flexibility index (Phi) is 60.7. The quantitative estimate of drug-likeness (QED) is 0.0261. The topological polar surface area (TPSA) is 78.9 Å². The molecule has 0 N–H and O–H groups in total. The molecule has 0 heterocycles. The fourth-order valence-corrected chi connectivity index (χ4v) is 9.24. The standard InChI is InChI=1S/C69H122O6/c1-4-7-10-13-16-19-22-25-28-31-32-33-34-35-36-39-41-44-47-50-53-56-59-62-68(71)74-65-66(75-69(72)63-60-57-54-51-48-45-42-38-30-27-24-21-18-15-12-9-6-3)64-73-67(70)61-58-55-52-49-46-43-40-37-29-26-23-20-17-14-11-8-5-2/h17-18,20-22,25-27,29-32,66H,4-16,19,23-24,28,33-65H2,1-3H3/b20-17-,21-18-,25-22-,29-26-,30-27-,32-31-. The first-order valence-electron chi connectivity index (χ1n) is 32.4. The number of rotatable bonds is 59. The third-order valence-corrected chi connectivity index (χ3v) is 14.2. The van der Waals surface area contributed by atoms with Gasteiger partial charge in [-0.1, -0.05) is 267 Å². The van der Waals surface area contributed by atoms with Gasteiger partial charge in [-0.2, -0.15) is 0 Å². The summed E-state index contributed by atoms with van der Waals surface area (Å²) in [7, 11) is 0. The van der Waals surface area contributed by atoms with Crippen LogP contribution >= 0.6 is 0 Å². The van der Waals surface area contributed by atoms with Crippen molar-refractivity contribution >= 4 is 17.9 Å².